The second kappa shape index (κ2) is 8.48. The van der Waals surface area contributed by atoms with E-state index in [0.717, 1.165) is 11.3 Å². The van der Waals surface area contributed by atoms with E-state index in [1.165, 1.54) is 29.3 Å². The highest BCUT2D eigenvalue weighted by Crippen LogP contribution is 2.31. The summed E-state index contributed by atoms with van der Waals surface area (Å²) >= 11 is 8.54. The first-order valence-electron chi connectivity index (χ1n) is 7.76. The predicted molar refractivity (Wildman–Crippen MR) is 108 cm³/mol. The molecule has 0 saturated heterocycles. The topological polar surface area (TPSA) is 79.8 Å². The van der Waals surface area contributed by atoms with E-state index in [1.54, 1.807) is 12.1 Å². The Bertz CT molecular complexity index is 900. The first-order valence-corrected chi connectivity index (χ1v) is 9.83. The number of hydrogen-bond acceptors (Lipinski definition) is 7. The molecule has 9 heteroatoms. The quantitative estimate of drug-likeness (QED) is 0.575. The number of thioether (sulfide) groups is 1. The highest BCUT2D eigenvalue weighted by Gasteiger charge is 2.18. The number of aromatic nitrogens is 3. The van der Waals surface area contributed by atoms with Crippen LogP contribution < -0.4 is 10.6 Å². The van der Waals surface area contributed by atoms with E-state index in [1.807, 2.05) is 38.1 Å². The van der Waals surface area contributed by atoms with Crippen LogP contribution in [0, 0.1) is 6.92 Å². The average Bonchev–Trinajstić information content (AvgIpc) is 3.03. The van der Waals surface area contributed by atoms with E-state index in [0.29, 0.717) is 20.3 Å². The van der Waals surface area contributed by atoms with Gasteiger partial charge in [0, 0.05) is 11.9 Å². The third-order valence-electron chi connectivity index (χ3n) is 3.30. The molecule has 3 aromatic rings. The van der Waals surface area contributed by atoms with Crippen molar-refractivity contribution in [1.82, 2.24) is 15.2 Å². The van der Waals surface area contributed by atoms with Crippen LogP contribution in [0.25, 0.3) is 0 Å². The fourth-order valence-corrected chi connectivity index (χ4v) is 4.06. The molecule has 0 aliphatic carbocycles. The molecular formula is C17H16ClN5OS2. The summed E-state index contributed by atoms with van der Waals surface area (Å²) in [5.41, 5.74) is 2.12. The van der Waals surface area contributed by atoms with Crippen molar-refractivity contribution in [2.45, 2.75) is 23.4 Å². The number of benzene rings is 1. The molecule has 1 unspecified atom stereocenters. The third kappa shape index (κ3) is 5.17. The van der Waals surface area contributed by atoms with Crippen LogP contribution in [-0.2, 0) is 4.79 Å². The molecule has 1 aromatic carbocycles. The minimum absolute atomic E-state index is 0.159. The zero-order valence-corrected chi connectivity index (χ0v) is 16.5. The Morgan fingerprint density at radius 2 is 2.12 bits per heavy atom. The lowest BCUT2D eigenvalue weighted by Crippen LogP contribution is -2.22. The van der Waals surface area contributed by atoms with Crippen LogP contribution in [0.1, 0.15) is 12.5 Å². The Balaban J connectivity index is 1.57. The summed E-state index contributed by atoms with van der Waals surface area (Å²) in [5.74, 6) is 0.305. The monoisotopic (exact) mass is 405 g/mol. The number of anilines is 3. The number of nitrogens with one attached hydrogen (secondary N) is 2. The number of nitrogens with zero attached hydrogens (tertiary/aromatic N) is 3. The van der Waals surface area contributed by atoms with Crippen molar-refractivity contribution >= 4 is 57.2 Å². The largest absolute Gasteiger partial charge is 0.330 e. The molecule has 0 bridgehead atoms. The molecule has 2 N–H and O–H groups in total. The first-order chi connectivity index (χ1) is 12.5. The van der Waals surface area contributed by atoms with E-state index in [-0.39, 0.29) is 11.2 Å². The molecule has 0 aliphatic heterocycles. The smallest absolute Gasteiger partial charge is 0.238 e. The third-order valence-corrected chi connectivity index (χ3v) is 5.55. The minimum atomic E-state index is -0.341. The van der Waals surface area contributed by atoms with Gasteiger partial charge in [0.25, 0.3) is 0 Å². The number of aryl methyl sites for hydroxylation is 1. The zero-order valence-electron chi connectivity index (χ0n) is 14.1. The summed E-state index contributed by atoms with van der Waals surface area (Å²) in [6, 6.07) is 11.3. The Hall–Kier alpha value is -2.16. The first kappa shape index (κ1) is 18.6. The van der Waals surface area contributed by atoms with Gasteiger partial charge in [0.1, 0.15) is 5.82 Å². The van der Waals surface area contributed by atoms with Crippen molar-refractivity contribution in [3.8, 4) is 0 Å². The summed E-state index contributed by atoms with van der Waals surface area (Å²) in [6.07, 6.45) is 1.49. The standard InChI is InChI=1S/C17H16ClN5OS2/c1-10-4-3-5-13(8-10)20-16-22-23-17(26-16)25-11(2)15(24)21-14-7-6-12(18)9-19-14/h3-9,11H,1-2H3,(H,20,22)(H,19,21,24). The van der Waals surface area contributed by atoms with Crippen LogP contribution in [-0.4, -0.2) is 26.3 Å². The molecule has 26 heavy (non-hydrogen) atoms. The summed E-state index contributed by atoms with van der Waals surface area (Å²) < 4.78 is 0.715. The maximum atomic E-state index is 12.3. The van der Waals surface area contributed by atoms with Gasteiger partial charge < -0.3 is 10.6 Å². The Labute approximate surface area is 164 Å². The van der Waals surface area contributed by atoms with Crippen molar-refractivity contribution in [2.75, 3.05) is 10.6 Å². The lowest BCUT2D eigenvalue weighted by atomic mass is 10.2. The number of halogens is 1. The highest BCUT2D eigenvalue weighted by atomic mass is 35.5. The maximum absolute atomic E-state index is 12.3. The molecular weight excluding hydrogens is 390 g/mol. The molecule has 1 atom stereocenters. The van der Waals surface area contributed by atoms with Crippen molar-refractivity contribution in [1.29, 1.82) is 0 Å². The SMILES string of the molecule is Cc1cccc(Nc2nnc(SC(C)C(=O)Nc3ccc(Cl)cn3)s2)c1. The molecule has 0 radical (unpaired) electrons. The number of hydrogen-bond donors (Lipinski definition) is 2. The van der Waals surface area contributed by atoms with Crippen LogP contribution in [0.2, 0.25) is 5.02 Å². The Kier molecular flexibility index (Phi) is 6.08. The number of amides is 1. The normalized spacial score (nSPS) is 11.8. The molecule has 0 spiro atoms. The molecule has 134 valence electrons. The van der Waals surface area contributed by atoms with Gasteiger partial charge in [-0.15, -0.1) is 10.2 Å². The van der Waals surface area contributed by atoms with Gasteiger partial charge in [-0.25, -0.2) is 4.98 Å². The van der Waals surface area contributed by atoms with Crippen LogP contribution in [0.5, 0.6) is 0 Å². The molecule has 0 aliphatic rings. The van der Waals surface area contributed by atoms with E-state index < -0.39 is 0 Å². The molecule has 2 heterocycles. The van der Waals surface area contributed by atoms with Crippen LogP contribution in [0.15, 0.2) is 46.9 Å². The Morgan fingerprint density at radius 3 is 2.85 bits per heavy atom. The van der Waals surface area contributed by atoms with Crippen molar-refractivity contribution in [2.24, 2.45) is 0 Å². The van der Waals surface area contributed by atoms with Crippen molar-refractivity contribution in [3.05, 3.63) is 53.2 Å². The molecule has 0 fully saturated rings. The van der Waals surface area contributed by atoms with Crippen LogP contribution >= 0.6 is 34.7 Å². The summed E-state index contributed by atoms with van der Waals surface area (Å²) in [4.78, 5) is 16.3. The second-order valence-corrected chi connectivity index (χ2v) is 8.48. The highest BCUT2D eigenvalue weighted by molar-refractivity contribution is 8.02. The van der Waals surface area contributed by atoms with Crippen LogP contribution in [0.4, 0.5) is 16.6 Å². The fraction of sp³-hybridized carbons (Fsp3) is 0.176. The van der Waals surface area contributed by atoms with Gasteiger partial charge >= 0.3 is 0 Å². The lowest BCUT2D eigenvalue weighted by Gasteiger charge is -2.09. The van der Waals surface area contributed by atoms with Crippen LogP contribution in [0.3, 0.4) is 0 Å². The zero-order chi connectivity index (χ0) is 18.5. The summed E-state index contributed by atoms with van der Waals surface area (Å²) in [5, 5.41) is 15.1. The minimum Gasteiger partial charge on any atom is -0.330 e. The molecule has 1 amide bonds. The van der Waals surface area contributed by atoms with Gasteiger partial charge in [-0.3, -0.25) is 4.79 Å². The van der Waals surface area contributed by atoms with Gasteiger partial charge in [0.15, 0.2) is 4.34 Å². The maximum Gasteiger partial charge on any atom is 0.238 e. The fourth-order valence-electron chi connectivity index (χ4n) is 2.04. The molecule has 3 rings (SSSR count). The summed E-state index contributed by atoms with van der Waals surface area (Å²) in [7, 11) is 0. The molecule has 6 nitrogen and oxygen atoms in total. The lowest BCUT2D eigenvalue weighted by molar-refractivity contribution is -0.115. The van der Waals surface area contributed by atoms with E-state index in [9.17, 15) is 4.79 Å². The van der Waals surface area contributed by atoms with Crippen molar-refractivity contribution in [3.63, 3.8) is 0 Å². The Morgan fingerprint density at radius 1 is 1.27 bits per heavy atom. The number of carbonyl (C=O) groups is 1. The molecule has 0 saturated carbocycles. The average molecular weight is 406 g/mol. The van der Waals surface area contributed by atoms with Gasteiger partial charge in [0.2, 0.25) is 11.0 Å². The summed E-state index contributed by atoms with van der Waals surface area (Å²) in [6.45, 7) is 3.84. The number of pyridine rings is 1. The van der Waals surface area contributed by atoms with E-state index in [4.69, 9.17) is 11.6 Å². The van der Waals surface area contributed by atoms with E-state index in [2.05, 4.69) is 25.8 Å². The van der Waals surface area contributed by atoms with Crippen molar-refractivity contribution < 1.29 is 4.79 Å². The van der Waals surface area contributed by atoms with Gasteiger partial charge in [-0.05, 0) is 43.7 Å². The number of carbonyl (C=O) groups excluding carboxylic acids is 1. The predicted octanol–water partition coefficient (Wildman–Crippen LogP) is 4.76. The van der Waals surface area contributed by atoms with Gasteiger partial charge in [-0.2, -0.15) is 0 Å². The van der Waals surface area contributed by atoms with Gasteiger partial charge in [0.05, 0.1) is 10.3 Å². The number of rotatable bonds is 6. The van der Waals surface area contributed by atoms with Gasteiger partial charge in [-0.1, -0.05) is 46.8 Å². The van der Waals surface area contributed by atoms with E-state index >= 15 is 0 Å². The second-order valence-electron chi connectivity index (χ2n) is 5.48. The molecule has 2 aromatic heterocycles.